The zero-order valence-electron chi connectivity index (χ0n) is 43.1. The standard InChI is InChI=1S/C14H13N3O2.C10H8BrNO2.C9H7NO3.C9H9NO2.C6H14O2.C4H5BN2.H4N2/c1-17-7-9(6-15-17)14-12(8-18)11-5-10(19-2)3-4-13(11)16-14;1-14-6-2-3-9-7(4-6)8(5-13)10(11)12-9;1-13-5-2-3-7-6(4-5)8(11)9(12)10-7;1-12-7-2-3-8-6(4-7)5-9(11)10-8;1-5(2,7)6(3,4)8;1-7-3-4(5)2-6-7;1-2/h3-8,16H,1-2H3;2-5,12H,1H3;2-4H,1H3,(H,10,11,12);2-4H,5H2,1H3,(H,10,11);7-8H,1-4H3;2-3H,1H3;1-2H2. The molecule has 0 aliphatic carbocycles. The summed E-state index contributed by atoms with van der Waals surface area (Å²) in [5, 5.41) is 33.1. The molecule has 2 radical (unpaired) electrons. The van der Waals surface area contributed by atoms with Gasteiger partial charge in [-0.25, -0.2) is 0 Å². The second kappa shape index (κ2) is 26.7. The van der Waals surface area contributed by atoms with Gasteiger partial charge in [0.15, 0.2) is 12.6 Å². The number of nitrogens with one attached hydrogen (secondary N) is 4. The fourth-order valence-corrected chi connectivity index (χ4v) is 7.16. The number of hydrazine groups is 1. The van der Waals surface area contributed by atoms with Crippen molar-refractivity contribution < 1.29 is 53.1 Å². The number of ketones is 1. The molecule has 2 aliphatic heterocycles. The number of aromatic amines is 2. The Kier molecular flexibility index (Phi) is 21.2. The molecule has 0 saturated heterocycles. The third-order valence-electron chi connectivity index (χ3n) is 11.4. The van der Waals surface area contributed by atoms with E-state index in [1.165, 1.54) is 7.11 Å². The van der Waals surface area contributed by atoms with Crippen LogP contribution in [-0.4, -0.2) is 117 Å². The lowest BCUT2D eigenvalue weighted by Gasteiger charge is -2.31. The molecule has 0 bridgehead atoms. The maximum atomic E-state index is 11.4. The number of Topliss-reactive ketones (excluding diaryl/α,β-unsaturated/α-hetero) is 1. The van der Waals surface area contributed by atoms with E-state index in [2.05, 4.69) is 58.4 Å². The number of carbonyl (C=O) groups is 5. The first-order chi connectivity index (χ1) is 35.5. The van der Waals surface area contributed by atoms with Crippen LogP contribution in [0, 0.1) is 0 Å². The van der Waals surface area contributed by atoms with Gasteiger partial charge < -0.3 is 49.8 Å². The molecule has 4 aromatic heterocycles. The first-order valence-corrected chi connectivity index (χ1v) is 23.3. The SMILES string of the molecule is CC(C)(O)C(C)(C)O.COc1ccc2[nH]c(-c3cnn(C)c3)c(C=O)c2c1.COc1ccc2[nH]c(Br)c(C=O)c2c1.COc1ccc2c(c1)C(=O)C(=O)N2.COc1ccc2c(c1)CC(=O)N2.NN.[B]c1cnn(C)c1. The molecule has 0 saturated carbocycles. The van der Waals surface area contributed by atoms with E-state index in [0.717, 1.165) is 74.1 Å². The number of hydrogen-bond donors (Lipinski definition) is 8. The van der Waals surface area contributed by atoms with Gasteiger partial charge >= 0.3 is 0 Å². The summed E-state index contributed by atoms with van der Waals surface area (Å²) in [6.07, 6.45) is 9.11. The molecule has 2 aliphatic rings. The molecule has 0 fully saturated rings. The van der Waals surface area contributed by atoms with Crippen LogP contribution < -0.4 is 46.7 Å². The van der Waals surface area contributed by atoms with Gasteiger partial charge in [0.25, 0.3) is 11.7 Å². The van der Waals surface area contributed by atoms with Crippen LogP contribution in [0.2, 0.25) is 0 Å². The average Bonchev–Trinajstić information content (AvgIpc) is 4.26. The number of aromatic nitrogens is 6. The van der Waals surface area contributed by atoms with E-state index < -0.39 is 22.9 Å². The first kappa shape index (κ1) is 59.5. The minimum Gasteiger partial charge on any atom is -0.497 e. The smallest absolute Gasteiger partial charge is 0.296 e. The molecule has 0 unspecified atom stereocenters. The maximum Gasteiger partial charge on any atom is 0.296 e. The number of methoxy groups -OCH3 is 4. The highest BCUT2D eigenvalue weighted by Gasteiger charge is 2.32. The van der Waals surface area contributed by atoms with Crippen LogP contribution >= 0.6 is 15.9 Å². The molecule has 75 heavy (non-hydrogen) atoms. The predicted molar refractivity (Wildman–Crippen MR) is 291 cm³/mol. The molecule has 10 N–H and O–H groups in total. The largest absolute Gasteiger partial charge is 0.497 e. The number of aldehydes is 2. The van der Waals surface area contributed by atoms with E-state index in [4.69, 9.17) is 37.0 Å². The Morgan fingerprint density at radius 2 is 1.15 bits per heavy atom. The van der Waals surface area contributed by atoms with Gasteiger partial charge in [-0.1, -0.05) is 5.46 Å². The van der Waals surface area contributed by atoms with Gasteiger partial charge in [-0.15, -0.1) is 0 Å². The lowest BCUT2D eigenvalue weighted by molar-refractivity contribution is -0.115. The Balaban J connectivity index is 0.000000199. The zero-order valence-corrected chi connectivity index (χ0v) is 44.7. The zero-order chi connectivity index (χ0) is 55.8. The Morgan fingerprint density at radius 3 is 1.61 bits per heavy atom. The molecular weight excluding hydrogens is 1030 g/mol. The molecular formula is C52H60BBrN10O11. The summed E-state index contributed by atoms with van der Waals surface area (Å²) in [5.74, 6) is 9.81. The van der Waals surface area contributed by atoms with Crippen LogP contribution in [0.5, 0.6) is 23.0 Å². The van der Waals surface area contributed by atoms with Gasteiger partial charge in [0, 0.05) is 71.3 Å². The van der Waals surface area contributed by atoms with Gasteiger partial charge in [-0.3, -0.25) is 45.0 Å². The van der Waals surface area contributed by atoms with Crippen LogP contribution in [-0.2, 0) is 30.1 Å². The number of H-pyrrole nitrogens is 2. The first-order valence-electron chi connectivity index (χ1n) is 22.5. The van der Waals surface area contributed by atoms with Crippen LogP contribution in [0.15, 0.2) is 102 Å². The summed E-state index contributed by atoms with van der Waals surface area (Å²) < 4.78 is 24.3. The molecule has 0 spiro atoms. The molecule has 6 heterocycles. The number of fused-ring (bicyclic) bond motifs is 4. The summed E-state index contributed by atoms with van der Waals surface area (Å²) in [5.41, 5.74) is 6.29. The molecule has 8 aromatic rings. The second-order valence-corrected chi connectivity index (χ2v) is 18.0. The summed E-state index contributed by atoms with van der Waals surface area (Å²) >= 11 is 3.29. The third kappa shape index (κ3) is 15.7. The van der Waals surface area contributed by atoms with Crippen molar-refractivity contribution in [3.8, 4) is 34.3 Å². The van der Waals surface area contributed by atoms with Crippen LogP contribution in [0.25, 0.3) is 33.1 Å². The van der Waals surface area contributed by atoms with Crippen LogP contribution in [0.3, 0.4) is 0 Å². The van der Waals surface area contributed by atoms with Gasteiger partial charge in [0.2, 0.25) is 5.91 Å². The number of ether oxygens (including phenoxy) is 4. The fourth-order valence-electron chi connectivity index (χ4n) is 6.64. The predicted octanol–water partition coefficient (Wildman–Crippen LogP) is 5.72. The van der Waals surface area contributed by atoms with Gasteiger partial charge in [-0.05, 0) is 122 Å². The number of rotatable bonds is 8. The number of aryl methyl sites for hydroxylation is 2. The Labute approximate surface area is 442 Å². The molecule has 4 aromatic carbocycles. The lowest BCUT2D eigenvalue weighted by atomic mass is 9.90. The minimum absolute atomic E-state index is 0.0539. The number of halogens is 1. The molecule has 23 heteroatoms. The number of amides is 2. The highest BCUT2D eigenvalue weighted by Crippen LogP contribution is 2.32. The van der Waals surface area contributed by atoms with Crippen molar-refractivity contribution in [2.24, 2.45) is 25.8 Å². The van der Waals surface area contributed by atoms with Crippen LogP contribution in [0.1, 0.15) is 64.3 Å². The summed E-state index contributed by atoms with van der Waals surface area (Å²) in [4.78, 5) is 61.6. The monoisotopic (exact) mass is 1090 g/mol. The Bertz CT molecular complexity index is 3230. The Hall–Kier alpha value is -8.09. The summed E-state index contributed by atoms with van der Waals surface area (Å²) in [6, 6.07) is 21.7. The molecule has 10 rings (SSSR count). The normalized spacial score (nSPS) is 11.8. The number of benzene rings is 4. The van der Waals surface area contributed by atoms with Gasteiger partial charge in [0.05, 0.1) is 79.4 Å². The topological polar surface area (TPSA) is 306 Å². The number of aliphatic hydroxyl groups is 2. The maximum absolute atomic E-state index is 11.4. The van der Waals surface area contributed by atoms with Crippen molar-refractivity contribution in [2.45, 2.75) is 45.3 Å². The van der Waals surface area contributed by atoms with Crippen molar-refractivity contribution in [1.82, 2.24) is 29.5 Å². The fraction of sp³-hybridized carbons (Fsp3) is 0.250. The molecule has 21 nitrogen and oxygen atoms in total. The number of nitrogens with zero attached hydrogens (tertiary/aromatic N) is 4. The van der Waals surface area contributed by atoms with E-state index in [1.54, 1.807) is 95.2 Å². The van der Waals surface area contributed by atoms with E-state index in [-0.39, 0.29) is 5.91 Å². The number of nitrogens with two attached hydrogens (primary N) is 2. The quantitative estimate of drug-likeness (QED) is 0.0297. The van der Waals surface area contributed by atoms with Crippen molar-refractivity contribution in [2.75, 3.05) is 39.1 Å². The summed E-state index contributed by atoms with van der Waals surface area (Å²) in [7, 11) is 15.3. The van der Waals surface area contributed by atoms with Crippen molar-refractivity contribution in [3.05, 3.63) is 124 Å². The summed E-state index contributed by atoms with van der Waals surface area (Å²) in [6.45, 7) is 6.31. The van der Waals surface area contributed by atoms with Crippen molar-refractivity contribution in [3.63, 3.8) is 0 Å². The second-order valence-electron chi connectivity index (χ2n) is 17.2. The number of hydrogen-bond acceptors (Lipinski definition) is 15. The minimum atomic E-state index is -1.01. The molecule has 0 atom stereocenters. The highest BCUT2D eigenvalue weighted by atomic mass is 79.9. The average molecular weight is 1090 g/mol. The van der Waals surface area contributed by atoms with Crippen LogP contribution in [0.4, 0.5) is 11.4 Å². The number of anilines is 2. The van der Waals surface area contributed by atoms with Crippen molar-refractivity contribution >= 4 is 92.6 Å². The lowest BCUT2D eigenvalue weighted by Crippen LogP contribution is -2.44. The van der Waals surface area contributed by atoms with Gasteiger partial charge in [-0.2, -0.15) is 10.2 Å². The number of carbonyl (C=O) groups excluding carboxylic acids is 5. The molecule has 394 valence electrons. The van der Waals surface area contributed by atoms with Gasteiger partial charge in [0.1, 0.15) is 30.8 Å². The van der Waals surface area contributed by atoms with E-state index >= 15 is 0 Å². The molecule has 2 amide bonds. The van der Waals surface area contributed by atoms with E-state index in [1.807, 2.05) is 74.9 Å². The van der Waals surface area contributed by atoms with E-state index in [9.17, 15) is 24.0 Å². The van der Waals surface area contributed by atoms with Crippen molar-refractivity contribution in [1.29, 1.82) is 0 Å². The third-order valence-corrected chi connectivity index (χ3v) is 12.0. The highest BCUT2D eigenvalue weighted by molar-refractivity contribution is 9.10. The van der Waals surface area contributed by atoms with E-state index in [0.29, 0.717) is 44.6 Å². The Morgan fingerprint density at radius 1 is 0.667 bits per heavy atom.